The molecule has 0 saturated carbocycles. The largest absolute Gasteiger partial charge is 0.0712 e. The lowest BCUT2D eigenvalue weighted by Gasteiger charge is -2.24. The van der Waals surface area contributed by atoms with Crippen LogP contribution < -0.4 is 0 Å². The van der Waals surface area contributed by atoms with E-state index in [1.165, 1.54) is 22.3 Å². The Balaban J connectivity index is 1.90. The second-order valence-corrected chi connectivity index (χ2v) is 20.7. The number of hydrogen-bond acceptors (Lipinski definition) is 0. The Bertz CT molecular complexity index is 842. The van der Waals surface area contributed by atoms with Crippen molar-refractivity contribution in [1.82, 2.24) is 0 Å². The molecule has 26 heavy (non-hydrogen) atoms. The van der Waals surface area contributed by atoms with Crippen molar-refractivity contribution in [2.45, 2.75) is 50.4 Å². The minimum absolute atomic E-state index is 0.618. The average molecular weight is 375 g/mol. The first kappa shape index (κ1) is 17.8. The lowest BCUT2D eigenvalue weighted by Crippen LogP contribution is -2.28. The Morgan fingerprint density at radius 2 is 0.885 bits per heavy atom. The third-order valence-electron chi connectivity index (χ3n) is 5.99. The summed E-state index contributed by atoms with van der Waals surface area (Å²) in [6, 6.07) is 18.2. The van der Waals surface area contributed by atoms with Gasteiger partial charge >= 0.3 is 0 Å². The van der Waals surface area contributed by atoms with E-state index in [-0.39, 0.29) is 0 Å². The molecule has 1 unspecified atom stereocenters. The van der Waals surface area contributed by atoms with E-state index in [9.17, 15) is 0 Å². The Morgan fingerprint density at radius 3 is 1.23 bits per heavy atom. The monoisotopic (exact) mass is 374 g/mol. The highest BCUT2D eigenvalue weighted by atomic mass is 28.3. The van der Waals surface area contributed by atoms with Gasteiger partial charge in [-0.05, 0) is 44.5 Å². The van der Waals surface area contributed by atoms with Crippen molar-refractivity contribution in [2.24, 2.45) is 0 Å². The summed E-state index contributed by atoms with van der Waals surface area (Å²) in [5.41, 5.74) is 10.3. The van der Waals surface area contributed by atoms with Crippen LogP contribution in [0.1, 0.15) is 33.3 Å². The summed E-state index contributed by atoms with van der Waals surface area (Å²) in [6.45, 7) is 15.0. The summed E-state index contributed by atoms with van der Waals surface area (Å²) in [6.07, 6.45) is 5.21. The molecule has 2 aromatic carbocycles. The van der Waals surface area contributed by atoms with E-state index < -0.39 is 16.1 Å². The van der Waals surface area contributed by atoms with Crippen molar-refractivity contribution < 1.29 is 0 Å². The standard InChI is InChI=1S/C24H30Si2/c1-25(2,3)23-15-21(17-11-7-9-13-19(17)23)22-16-24(26(4,5)6)20-14-10-8-12-18(20)22/h7-16,23-24H,1-6H3/t23-,24?/m0/s1. The van der Waals surface area contributed by atoms with E-state index in [1.807, 2.05) is 0 Å². The molecular formula is C24H30Si2. The van der Waals surface area contributed by atoms with Crippen molar-refractivity contribution in [1.29, 1.82) is 0 Å². The molecule has 2 heteroatoms. The number of allylic oxidation sites excluding steroid dienone is 4. The summed E-state index contributed by atoms with van der Waals surface area (Å²) < 4.78 is 0. The molecule has 2 aliphatic rings. The van der Waals surface area contributed by atoms with E-state index in [0.717, 1.165) is 0 Å². The van der Waals surface area contributed by atoms with Crippen molar-refractivity contribution in [3.8, 4) is 0 Å². The van der Waals surface area contributed by atoms with Gasteiger partial charge in [0.15, 0.2) is 0 Å². The second kappa shape index (κ2) is 5.93. The highest BCUT2D eigenvalue weighted by Crippen LogP contribution is 2.51. The van der Waals surface area contributed by atoms with Gasteiger partial charge in [-0.25, -0.2) is 0 Å². The Hall–Kier alpha value is -1.65. The minimum Gasteiger partial charge on any atom is -0.0712 e. The van der Waals surface area contributed by atoms with Crippen LogP contribution in [0.4, 0.5) is 0 Å². The van der Waals surface area contributed by atoms with Gasteiger partial charge in [0.25, 0.3) is 0 Å². The number of benzene rings is 2. The molecular weight excluding hydrogens is 344 g/mol. The third-order valence-corrected chi connectivity index (χ3v) is 10.7. The molecule has 0 N–H and O–H groups in total. The maximum Gasteiger partial charge on any atom is 0.0566 e. The summed E-state index contributed by atoms with van der Waals surface area (Å²) in [4.78, 5) is 0. The predicted octanol–water partition coefficient (Wildman–Crippen LogP) is 7.10. The zero-order valence-electron chi connectivity index (χ0n) is 16.9. The molecule has 2 aliphatic carbocycles. The molecule has 0 amide bonds. The summed E-state index contributed by atoms with van der Waals surface area (Å²) in [7, 11) is -2.62. The van der Waals surface area contributed by atoms with Crippen LogP contribution in [-0.2, 0) is 0 Å². The van der Waals surface area contributed by atoms with E-state index in [2.05, 4.69) is 100.0 Å². The molecule has 0 spiro atoms. The molecule has 0 fully saturated rings. The number of hydrogen-bond donors (Lipinski definition) is 0. The summed E-state index contributed by atoms with van der Waals surface area (Å²) in [5, 5.41) is 0. The first-order chi connectivity index (χ1) is 12.2. The Morgan fingerprint density at radius 1 is 0.538 bits per heavy atom. The van der Waals surface area contributed by atoms with Gasteiger partial charge in [0.05, 0.1) is 16.1 Å². The van der Waals surface area contributed by atoms with Crippen molar-refractivity contribution in [2.75, 3.05) is 0 Å². The quantitative estimate of drug-likeness (QED) is 0.502. The van der Waals surface area contributed by atoms with Crippen LogP contribution in [0.2, 0.25) is 39.3 Å². The van der Waals surface area contributed by atoms with E-state index in [0.29, 0.717) is 11.1 Å². The van der Waals surface area contributed by atoms with Crippen LogP contribution in [-0.4, -0.2) is 16.1 Å². The van der Waals surface area contributed by atoms with Crippen LogP contribution in [0.15, 0.2) is 60.7 Å². The normalized spacial score (nSPS) is 21.9. The maximum absolute atomic E-state index is 2.60. The topological polar surface area (TPSA) is 0 Å². The fourth-order valence-corrected chi connectivity index (χ4v) is 8.32. The molecule has 0 heterocycles. The van der Waals surface area contributed by atoms with Crippen LogP contribution in [0.5, 0.6) is 0 Å². The van der Waals surface area contributed by atoms with Crippen LogP contribution in [0, 0.1) is 0 Å². The van der Waals surface area contributed by atoms with Crippen LogP contribution >= 0.6 is 0 Å². The smallest absolute Gasteiger partial charge is 0.0566 e. The van der Waals surface area contributed by atoms with Gasteiger partial charge < -0.3 is 0 Å². The molecule has 4 rings (SSSR count). The van der Waals surface area contributed by atoms with Gasteiger partial charge in [0.1, 0.15) is 0 Å². The molecule has 2 atom stereocenters. The molecule has 0 aliphatic heterocycles. The van der Waals surface area contributed by atoms with Gasteiger partial charge in [0.2, 0.25) is 0 Å². The first-order valence-electron chi connectivity index (χ1n) is 9.80. The van der Waals surface area contributed by atoms with Crippen molar-refractivity contribution >= 4 is 27.3 Å². The minimum atomic E-state index is -1.31. The van der Waals surface area contributed by atoms with E-state index in [1.54, 1.807) is 11.1 Å². The third kappa shape index (κ3) is 2.80. The average Bonchev–Trinajstić information content (AvgIpc) is 3.12. The number of fused-ring (bicyclic) bond motifs is 2. The SMILES string of the molecule is C[Si](C)(C)C1C=C(C2=C[C@H]([Si](C)(C)C)c3ccccc32)c2ccccc21. The highest BCUT2D eigenvalue weighted by Gasteiger charge is 2.38. The molecule has 0 nitrogen and oxygen atoms in total. The van der Waals surface area contributed by atoms with Crippen molar-refractivity contribution in [3.63, 3.8) is 0 Å². The predicted molar refractivity (Wildman–Crippen MR) is 121 cm³/mol. The van der Waals surface area contributed by atoms with Gasteiger partial charge in [-0.2, -0.15) is 0 Å². The fourth-order valence-electron chi connectivity index (χ4n) is 4.62. The maximum atomic E-state index is 2.60. The zero-order chi connectivity index (χ0) is 18.7. The Kier molecular flexibility index (Phi) is 4.05. The van der Waals surface area contributed by atoms with Crippen molar-refractivity contribution in [3.05, 3.63) is 82.9 Å². The number of rotatable bonds is 3. The van der Waals surface area contributed by atoms with E-state index in [4.69, 9.17) is 0 Å². The molecule has 0 bridgehead atoms. The molecule has 2 aromatic rings. The molecule has 0 saturated heterocycles. The lowest BCUT2D eigenvalue weighted by molar-refractivity contribution is 1.16. The van der Waals surface area contributed by atoms with Gasteiger partial charge in [-0.3, -0.25) is 0 Å². The highest BCUT2D eigenvalue weighted by molar-refractivity contribution is 6.79. The van der Waals surface area contributed by atoms with Gasteiger partial charge in [0, 0.05) is 0 Å². The Labute approximate surface area is 160 Å². The lowest BCUT2D eigenvalue weighted by atomic mass is 9.95. The second-order valence-electron chi connectivity index (χ2n) is 10.0. The summed E-state index contributed by atoms with van der Waals surface area (Å²) in [5.74, 6) is 0. The molecule has 0 radical (unpaired) electrons. The zero-order valence-corrected chi connectivity index (χ0v) is 18.9. The molecule has 0 aromatic heterocycles. The molecule has 134 valence electrons. The van der Waals surface area contributed by atoms with Crippen LogP contribution in [0.25, 0.3) is 11.1 Å². The fraction of sp³-hybridized carbons (Fsp3) is 0.333. The van der Waals surface area contributed by atoms with Gasteiger partial charge in [-0.1, -0.05) is 100.0 Å². The first-order valence-corrected chi connectivity index (χ1v) is 17.0. The van der Waals surface area contributed by atoms with E-state index >= 15 is 0 Å². The van der Waals surface area contributed by atoms with Gasteiger partial charge in [-0.15, -0.1) is 0 Å². The van der Waals surface area contributed by atoms with Crippen LogP contribution in [0.3, 0.4) is 0 Å². The summed E-state index contributed by atoms with van der Waals surface area (Å²) >= 11 is 0.